The molecule has 2 heterocycles. The van der Waals surface area contributed by atoms with Crippen molar-refractivity contribution in [2.45, 2.75) is 19.4 Å². The summed E-state index contributed by atoms with van der Waals surface area (Å²) in [5.74, 6) is 0.744. The third kappa shape index (κ3) is 2.63. The van der Waals surface area contributed by atoms with Crippen LogP contribution in [0.1, 0.15) is 17.9 Å². The molecule has 6 heteroatoms. The summed E-state index contributed by atoms with van der Waals surface area (Å²) in [4.78, 5) is 0. The van der Waals surface area contributed by atoms with Gasteiger partial charge in [-0.15, -0.1) is 5.10 Å². The summed E-state index contributed by atoms with van der Waals surface area (Å²) >= 11 is 0. The Labute approximate surface area is 86.5 Å². The van der Waals surface area contributed by atoms with Crippen LogP contribution in [0.2, 0.25) is 0 Å². The largest absolute Gasteiger partial charge is 0.396 e. The van der Waals surface area contributed by atoms with Crippen LogP contribution in [0.3, 0.4) is 0 Å². The topological polar surface area (TPSA) is 77.0 Å². The molecule has 0 amide bonds. The molecule has 2 rings (SSSR count). The van der Waals surface area contributed by atoms with Crippen LogP contribution in [0.4, 0.5) is 0 Å². The number of aryl methyl sites for hydroxylation is 1. The van der Waals surface area contributed by atoms with Crippen molar-refractivity contribution in [3.8, 4) is 0 Å². The lowest BCUT2D eigenvalue weighted by molar-refractivity contribution is 0.288. The van der Waals surface area contributed by atoms with Crippen LogP contribution in [-0.2, 0) is 13.0 Å². The Balaban J connectivity index is 1.95. The Kier molecular flexibility index (Phi) is 3.08. The molecule has 6 nitrogen and oxygen atoms in total. The van der Waals surface area contributed by atoms with Crippen LogP contribution in [0.5, 0.6) is 0 Å². The van der Waals surface area contributed by atoms with Crippen molar-refractivity contribution >= 4 is 0 Å². The zero-order chi connectivity index (χ0) is 10.5. The molecule has 0 saturated heterocycles. The number of hydrogen-bond donors (Lipinski definition) is 1. The van der Waals surface area contributed by atoms with Crippen LogP contribution in [-0.4, -0.2) is 31.9 Å². The van der Waals surface area contributed by atoms with E-state index < -0.39 is 0 Å². The lowest BCUT2D eigenvalue weighted by atomic mass is 10.3. The smallest absolute Gasteiger partial charge is 0.158 e. The highest BCUT2D eigenvalue weighted by Crippen LogP contribution is 2.02. The molecular formula is C9H12N4O2. The molecule has 2 aromatic rings. The van der Waals surface area contributed by atoms with Crippen molar-refractivity contribution in [2.75, 3.05) is 6.61 Å². The first kappa shape index (κ1) is 9.85. The second-order valence-corrected chi connectivity index (χ2v) is 3.21. The number of aromatic nitrogens is 4. The molecule has 0 bridgehead atoms. The predicted molar refractivity (Wildman–Crippen MR) is 51.0 cm³/mol. The lowest BCUT2D eigenvalue weighted by Crippen LogP contribution is -1.98. The van der Waals surface area contributed by atoms with Crippen LogP contribution >= 0.6 is 0 Å². The summed E-state index contributed by atoms with van der Waals surface area (Å²) < 4.78 is 6.64. The molecular weight excluding hydrogens is 196 g/mol. The Morgan fingerprint density at radius 1 is 1.47 bits per heavy atom. The highest BCUT2D eigenvalue weighted by atomic mass is 16.5. The van der Waals surface area contributed by atoms with Gasteiger partial charge in [0.25, 0.3) is 0 Å². The molecule has 1 N–H and O–H groups in total. The molecule has 0 fully saturated rings. The maximum atomic E-state index is 8.66. The van der Waals surface area contributed by atoms with Gasteiger partial charge in [-0.05, 0) is 12.8 Å². The quantitative estimate of drug-likeness (QED) is 0.761. The molecule has 2 aromatic heterocycles. The number of rotatable bonds is 5. The van der Waals surface area contributed by atoms with Gasteiger partial charge in [0.2, 0.25) is 0 Å². The van der Waals surface area contributed by atoms with Crippen molar-refractivity contribution in [3.63, 3.8) is 0 Å². The van der Waals surface area contributed by atoms with Crippen LogP contribution in [0.25, 0.3) is 0 Å². The minimum atomic E-state index is 0.176. The van der Waals surface area contributed by atoms with Gasteiger partial charge >= 0.3 is 0 Å². The lowest BCUT2D eigenvalue weighted by Gasteiger charge is -1.93. The van der Waals surface area contributed by atoms with Crippen LogP contribution in [0, 0.1) is 0 Å². The molecule has 0 unspecified atom stereocenters. The molecule has 80 valence electrons. The van der Waals surface area contributed by atoms with E-state index in [1.807, 2.05) is 6.20 Å². The first-order valence-corrected chi connectivity index (χ1v) is 4.78. The van der Waals surface area contributed by atoms with E-state index in [0.29, 0.717) is 13.0 Å². The highest BCUT2D eigenvalue weighted by Gasteiger charge is 2.03. The fourth-order valence-electron chi connectivity index (χ4n) is 1.27. The van der Waals surface area contributed by atoms with Gasteiger partial charge in [-0.25, -0.2) is 4.68 Å². The summed E-state index contributed by atoms with van der Waals surface area (Å²) in [6.45, 7) is 0.709. The molecule has 15 heavy (non-hydrogen) atoms. The average Bonchev–Trinajstić information content (AvgIpc) is 2.87. The standard InChI is InChI=1S/C9H12N4O2/c14-5-1-2-8-6-13(12-11-8)7-9-3-4-10-15-9/h3-4,6,14H,1-2,5,7H2. The fraction of sp³-hybridized carbons (Fsp3) is 0.444. The van der Waals surface area contributed by atoms with Crippen molar-refractivity contribution in [3.05, 3.63) is 29.9 Å². The summed E-state index contributed by atoms with van der Waals surface area (Å²) in [5.41, 5.74) is 0.878. The number of hydrogen-bond acceptors (Lipinski definition) is 5. The minimum Gasteiger partial charge on any atom is -0.396 e. The number of aliphatic hydroxyl groups is 1. The van der Waals surface area contributed by atoms with Crippen LogP contribution in [0.15, 0.2) is 23.0 Å². The maximum absolute atomic E-state index is 8.66. The van der Waals surface area contributed by atoms with Gasteiger partial charge in [0.15, 0.2) is 5.76 Å². The number of nitrogens with zero attached hydrogens (tertiary/aromatic N) is 4. The molecule has 0 aliphatic rings. The van der Waals surface area contributed by atoms with E-state index in [4.69, 9.17) is 9.63 Å². The third-order valence-corrected chi connectivity index (χ3v) is 1.99. The van der Waals surface area contributed by atoms with E-state index >= 15 is 0 Å². The molecule has 0 aliphatic heterocycles. The van der Waals surface area contributed by atoms with E-state index in [1.54, 1.807) is 16.9 Å². The number of aliphatic hydroxyl groups excluding tert-OH is 1. The summed E-state index contributed by atoms with van der Waals surface area (Å²) in [5, 5.41) is 20.2. The van der Waals surface area contributed by atoms with E-state index in [1.165, 1.54) is 0 Å². The molecule has 0 radical (unpaired) electrons. The van der Waals surface area contributed by atoms with Gasteiger partial charge in [0, 0.05) is 18.9 Å². The van der Waals surface area contributed by atoms with Crippen molar-refractivity contribution in [1.82, 2.24) is 20.2 Å². The van der Waals surface area contributed by atoms with Gasteiger partial charge in [0.05, 0.1) is 11.9 Å². The monoisotopic (exact) mass is 208 g/mol. The van der Waals surface area contributed by atoms with Gasteiger partial charge in [-0.2, -0.15) is 0 Å². The van der Waals surface area contributed by atoms with Gasteiger partial charge in [-0.3, -0.25) is 0 Å². The zero-order valence-electron chi connectivity index (χ0n) is 8.20. The Hall–Kier alpha value is -1.69. The SMILES string of the molecule is OCCCc1cn(Cc2ccno2)nn1. The Morgan fingerprint density at radius 2 is 2.40 bits per heavy atom. The second-order valence-electron chi connectivity index (χ2n) is 3.21. The minimum absolute atomic E-state index is 0.176. The maximum Gasteiger partial charge on any atom is 0.158 e. The predicted octanol–water partition coefficient (Wildman–Crippen LogP) is 0.239. The Bertz CT molecular complexity index is 396. The van der Waals surface area contributed by atoms with Gasteiger partial charge < -0.3 is 9.63 Å². The highest BCUT2D eigenvalue weighted by molar-refractivity contribution is 4.97. The summed E-state index contributed by atoms with van der Waals surface area (Å²) in [7, 11) is 0. The normalized spacial score (nSPS) is 10.7. The molecule has 0 saturated carbocycles. The molecule has 0 aliphatic carbocycles. The molecule has 0 aromatic carbocycles. The molecule has 0 spiro atoms. The first-order chi connectivity index (χ1) is 7.38. The average molecular weight is 208 g/mol. The Morgan fingerprint density at radius 3 is 3.13 bits per heavy atom. The van der Waals surface area contributed by atoms with Gasteiger partial charge in [0.1, 0.15) is 6.54 Å². The molecule has 0 atom stereocenters. The first-order valence-electron chi connectivity index (χ1n) is 4.78. The van der Waals surface area contributed by atoms with Crippen molar-refractivity contribution < 1.29 is 9.63 Å². The van der Waals surface area contributed by atoms with Crippen molar-refractivity contribution in [2.24, 2.45) is 0 Å². The van der Waals surface area contributed by atoms with Crippen LogP contribution < -0.4 is 0 Å². The fourth-order valence-corrected chi connectivity index (χ4v) is 1.27. The van der Waals surface area contributed by atoms with E-state index in [0.717, 1.165) is 17.9 Å². The summed E-state index contributed by atoms with van der Waals surface area (Å²) in [6, 6.07) is 1.79. The van der Waals surface area contributed by atoms with Gasteiger partial charge in [-0.1, -0.05) is 10.4 Å². The van der Waals surface area contributed by atoms with Crippen molar-refractivity contribution in [1.29, 1.82) is 0 Å². The third-order valence-electron chi connectivity index (χ3n) is 1.99. The van der Waals surface area contributed by atoms with E-state index in [-0.39, 0.29) is 6.61 Å². The van der Waals surface area contributed by atoms with E-state index in [2.05, 4.69) is 15.5 Å². The second kappa shape index (κ2) is 4.70. The zero-order valence-corrected chi connectivity index (χ0v) is 8.20. The summed E-state index contributed by atoms with van der Waals surface area (Å²) in [6.07, 6.45) is 4.89. The van der Waals surface area contributed by atoms with E-state index in [9.17, 15) is 0 Å².